The van der Waals surface area contributed by atoms with Crippen LogP contribution in [-0.4, -0.2) is 21.5 Å². The number of rotatable bonds is 5. The van der Waals surface area contributed by atoms with E-state index in [4.69, 9.17) is 0 Å². The molecule has 100 valence electrons. The van der Waals surface area contributed by atoms with Gasteiger partial charge in [-0.25, -0.2) is 9.97 Å². The molecule has 0 saturated carbocycles. The molecule has 0 saturated heterocycles. The fourth-order valence-corrected chi connectivity index (χ4v) is 1.97. The van der Waals surface area contributed by atoms with Gasteiger partial charge in [-0.15, -0.1) is 0 Å². The van der Waals surface area contributed by atoms with E-state index in [2.05, 4.69) is 34.1 Å². The van der Waals surface area contributed by atoms with Gasteiger partial charge in [0.2, 0.25) is 0 Å². The Labute approximate surface area is 114 Å². The van der Waals surface area contributed by atoms with Crippen molar-refractivity contribution in [3.05, 3.63) is 47.2 Å². The predicted octanol–water partition coefficient (Wildman–Crippen LogP) is 2.90. The smallest absolute Gasteiger partial charge is 0.132 e. The van der Waals surface area contributed by atoms with Crippen LogP contribution in [0.3, 0.4) is 0 Å². The molecule has 4 nitrogen and oxygen atoms in total. The van der Waals surface area contributed by atoms with Gasteiger partial charge in [-0.05, 0) is 38.0 Å². The van der Waals surface area contributed by atoms with Gasteiger partial charge in [-0.2, -0.15) is 0 Å². The summed E-state index contributed by atoms with van der Waals surface area (Å²) in [5.74, 6) is 1.77. The highest BCUT2D eigenvalue weighted by Crippen LogP contribution is 2.18. The molecule has 0 fully saturated rings. The monoisotopic (exact) mass is 256 g/mol. The molecular formula is C15H20N4. The Kier molecular flexibility index (Phi) is 4.44. The summed E-state index contributed by atoms with van der Waals surface area (Å²) in [6, 6.07) is 4.05. The van der Waals surface area contributed by atoms with Crippen LogP contribution in [0, 0.1) is 13.8 Å². The number of aryl methyl sites for hydroxylation is 1. The minimum absolute atomic E-state index is 0.813. The summed E-state index contributed by atoms with van der Waals surface area (Å²) in [5.41, 5.74) is 3.44. The normalized spacial score (nSPS) is 10.5. The number of aromatic nitrogens is 3. The van der Waals surface area contributed by atoms with E-state index in [0.29, 0.717) is 0 Å². The van der Waals surface area contributed by atoms with E-state index in [1.165, 1.54) is 5.56 Å². The van der Waals surface area contributed by atoms with Crippen molar-refractivity contribution in [1.29, 1.82) is 0 Å². The third kappa shape index (κ3) is 3.50. The quantitative estimate of drug-likeness (QED) is 0.893. The largest absolute Gasteiger partial charge is 0.370 e. The maximum absolute atomic E-state index is 4.57. The first kappa shape index (κ1) is 13.5. The van der Waals surface area contributed by atoms with Crippen molar-refractivity contribution < 1.29 is 0 Å². The predicted molar refractivity (Wildman–Crippen MR) is 77.3 cm³/mol. The molecule has 2 aromatic heterocycles. The van der Waals surface area contributed by atoms with Crippen molar-refractivity contribution in [1.82, 2.24) is 15.0 Å². The van der Waals surface area contributed by atoms with Gasteiger partial charge in [0, 0.05) is 30.9 Å². The highest BCUT2D eigenvalue weighted by Gasteiger charge is 2.09. The summed E-state index contributed by atoms with van der Waals surface area (Å²) >= 11 is 0. The summed E-state index contributed by atoms with van der Waals surface area (Å²) in [6.07, 6.45) is 5.53. The van der Waals surface area contributed by atoms with Crippen LogP contribution in [0.2, 0.25) is 0 Å². The molecule has 0 aliphatic heterocycles. The summed E-state index contributed by atoms with van der Waals surface area (Å²) in [6.45, 7) is 7.10. The van der Waals surface area contributed by atoms with Crippen molar-refractivity contribution in [3.8, 4) is 0 Å². The topological polar surface area (TPSA) is 50.7 Å². The lowest BCUT2D eigenvalue weighted by molar-refractivity contribution is 0.914. The molecule has 0 radical (unpaired) electrons. The number of pyridine rings is 1. The second-order valence-corrected chi connectivity index (χ2v) is 4.65. The van der Waals surface area contributed by atoms with Crippen LogP contribution < -0.4 is 5.32 Å². The lowest BCUT2D eigenvalue weighted by atomic mass is 10.1. The molecule has 19 heavy (non-hydrogen) atoms. The van der Waals surface area contributed by atoms with Crippen LogP contribution in [0.1, 0.15) is 36.0 Å². The molecule has 0 unspecified atom stereocenters. The van der Waals surface area contributed by atoms with Crippen molar-refractivity contribution >= 4 is 5.82 Å². The molecule has 0 amide bonds. The van der Waals surface area contributed by atoms with Gasteiger partial charge in [0.1, 0.15) is 11.6 Å². The van der Waals surface area contributed by atoms with Gasteiger partial charge in [0.05, 0.1) is 5.69 Å². The van der Waals surface area contributed by atoms with Gasteiger partial charge in [-0.1, -0.05) is 6.92 Å². The highest BCUT2D eigenvalue weighted by molar-refractivity contribution is 5.46. The zero-order chi connectivity index (χ0) is 13.7. The summed E-state index contributed by atoms with van der Waals surface area (Å²) in [5, 5.41) is 3.37. The van der Waals surface area contributed by atoms with Gasteiger partial charge in [-0.3, -0.25) is 4.98 Å². The SMILES string of the molecule is CCCNc1nc(C)nc(Cc2ccncc2)c1C. The van der Waals surface area contributed by atoms with Crippen molar-refractivity contribution in [3.63, 3.8) is 0 Å². The van der Waals surface area contributed by atoms with E-state index in [9.17, 15) is 0 Å². The fraction of sp³-hybridized carbons (Fsp3) is 0.400. The number of hydrogen-bond acceptors (Lipinski definition) is 4. The maximum Gasteiger partial charge on any atom is 0.132 e. The van der Waals surface area contributed by atoms with Crippen LogP contribution in [0.4, 0.5) is 5.82 Å². The van der Waals surface area contributed by atoms with Crippen LogP contribution >= 0.6 is 0 Å². The van der Waals surface area contributed by atoms with Gasteiger partial charge in [0.15, 0.2) is 0 Å². The zero-order valence-corrected chi connectivity index (χ0v) is 11.8. The summed E-state index contributed by atoms with van der Waals surface area (Å²) in [4.78, 5) is 13.1. The van der Waals surface area contributed by atoms with E-state index in [1.807, 2.05) is 31.5 Å². The average molecular weight is 256 g/mol. The Balaban J connectivity index is 2.27. The maximum atomic E-state index is 4.57. The Morgan fingerprint density at radius 1 is 1.11 bits per heavy atom. The first-order chi connectivity index (χ1) is 9.20. The first-order valence-corrected chi connectivity index (χ1v) is 6.67. The Bertz CT molecular complexity index is 537. The molecule has 2 aromatic rings. The molecular weight excluding hydrogens is 236 g/mol. The van der Waals surface area contributed by atoms with E-state index >= 15 is 0 Å². The van der Waals surface area contributed by atoms with Crippen molar-refractivity contribution in [2.24, 2.45) is 0 Å². The van der Waals surface area contributed by atoms with E-state index in [-0.39, 0.29) is 0 Å². The molecule has 0 aromatic carbocycles. The number of anilines is 1. The van der Waals surface area contributed by atoms with E-state index < -0.39 is 0 Å². The lowest BCUT2D eigenvalue weighted by Gasteiger charge is -2.12. The second-order valence-electron chi connectivity index (χ2n) is 4.65. The van der Waals surface area contributed by atoms with Crippen LogP contribution in [0.5, 0.6) is 0 Å². The molecule has 2 heterocycles. The molecule has 2 rings (SSSR count). The number of hydrogen-bond donors (Lipinski definition) is 1. The standard InChI is InChI=1S/C15H20N4/c1-4-7-17-15-11(2)14(18-12(3)19-15)10-13-5-8-16-9-6-13/h5-6,8-9H,4,7,10H2,1-3H3,(H,17,18,19). The minimum Gasteiger partial charge on any atom is -0.370 e. The number of nitrogens with zero attached hydrogens (tertiary/aromatic N) is 3. The third-order valence-corrected chi connectivity index (χ3v) is 3.02. The molecule has 0 bridgehead atoms. The molecule has 4 heteroatoms. The van der Waals surface area contributed by atoms with Crippen LogP contribution in [0.15, 0.2) is 24.5 Å². The molecule has 0 aliphatic carbocycles. The second kappa shape index (κ2) is 6.27. The molecule has 0 aliphatic rings. The minimum atomic E-state index is 0.813. The van der Waals surface area contributed by atoms with E-state index in [0.717, 1.165) is 42.3 Å². The molecule has 0 spiro atoms. The number of nitrogens with one attached hydrogen (secondary N) is 1. The molecule has 1 N–H and O–H groups in total. The van der Waals surface area contributed by atoms with Gasteiger partial charge in [0.25, 0.3) is 0 Å². The van der Waals surface area contributed by atoms with Gasteiger partial charge >= 0.3 is 0 Å². The zero-order valence-electron chi connectivity index (χ0n) is 11.8. The Hall–Kier alpha value is -1.97. The fourth-order valence-electron chi connectivity index (χ4n) is 1.97. The Morgan fingerprint density at radius 2 is 1.84 bits per heavy atom. The van der Waals surface area contributed by atoms with Crippen LogP contribution in [0.25, 0.3) is 0 Å². The van der Waals surface area contributed by atoms with Crippen molar-refractivity contribution in [2.75, 3.05) is 11.9 Å². The first-order valence-electron chi connectivity index (χ1n) is 6.67. The lowest BCUT2D eigenvalue weighted by Crippen LogP contribution is -2.09. The highest BCUT2D eigenvalue weighted by atomic mass is 15.0. The summed E-state index contributed by atoms with van der Waals surface area (Å²) < 4.78 is 0. The molecule has 0 atom stereocenters. The van der Waals surface area contributed by atoms with Crippen molar-refractivity contribution in [2.45, 2.75) is 33.6 Å². The van der Waals surface area contributed by atoms with Gasteiger partial charge < -0.3 is 5.32 Å². The van der Waals surface area contributed by atoms with E-state index in [1.54, 1.807) is 0 Å². The van der Waals surface area contributed by atoms with Crippen LogP contribution in [-0.2, 0) is 6.42 Å². The third-order valence-electron chi connectivity index (χ3n) is 3.02. The summed E-state index contributed by atoms with van der Waals surface area (Å²) in [7, 11) is 0. The Morgan fingerprint density at radius 3 is 2.53 bits per heavy atom. The average Bonchev–Trinajstić information content (AvgIpc) is 2.42.